The number of hydrogen-bond donors (Lipinski definition) is 4. The molecule has 9 rings (SSSR count). The highest BCUT2D eigenvalue weighted by Gasteiger charge is 2.61. The molecule has 3 saturated heterocycles. The number of imide groups is 1. The first-order chi connectivity index (χ1) is 31.1. The molecule has 0 saturated carbocycles. The fourth-order valence-electron chi connectivity index (χ4n) is 10.5. The summed E-state index contributed by atoms with van der Waals surface area (Å²) in [4.78, 5) is 69.5. The molecule has 3 fully saturated rings. The first-order valence-electron chi connectivity index (χ1n) is 21.9. The van der Waals surface area contributed by atoms with Crippen LogP contribution in [-0.2, 0) is 26.3 Å². The predicted molar refractivity (Wildman–Crippen MR) is 246 cm³/mol. The Kier molecular flexibility index (Phi) is 11.7. The maximum atomic E-state index is 16.3. The standard InChI is InChI=1S/C50H49Cl2FN6O6/c1-49(2,3)23-40-50(26-54-37-22-30(51)14-15-34(37)50)42(32-9-6-10-35(52)43(32)53)44(56-40)46(62)55-36-16-13-29(21-39(36)65-4)47(63)58-20-19-27(24-58)11-12-28-7-5-8-31-33(28)25-59(48(31)64)38-17-18-41(60)57-45(38)61/h5-10,13-16,21-22,27,38,40,42,44,54,56H,17-20,23-26H2,1-4H3,(H,55,62)(H,57,60,61)/t27-,38?,40+,42+,44-,50+/m1/s1. The minimum absolute atomic E-state index is 0.0335. The lowest BCUT2D eigenvalue weighted by molar-refractivity contribution is -0.137. The summed E-state index contributed by atoms with van der Waals surface area (Å²) in [5, 5.41) is 13.1. The van der Waals surface area contributed by atoms with E-state index in [1.165, 1.54) is 18.1 Å². The highest BCUT2D eigenvalue weighted by atomic mass is 35.5. The molecule has 5 amide bonds. The Morgan fingerprint density at radius 3 is 2.58 bits per heavy atom. The van der Waals surface area contributed by atoms with E-state index in [9.17, 15) is 24.0 Å². The van der Waals surface area contributed by atoms with Gasteiger partial charge >= 0.3 is 0 Å². The fraction of sp³-hybridized carbons (Fsp3) is 0.380. The van der Waals surface area contributed by atoms with Crippen molar-refractivity contribution in [3.8, 4) is 17.6 Å². The van der Waals surface area contributed by atoms with Gasteiger partial charge in [-0.3, -0.25) is 29.3 Å². The molecular weight excluding hydrogens is 870 g/mol. The van der Waals surface area contributed by atoms with Crippen molar-refractivity contribution in [2.75, 3.05) is 37.4 Å². The van der Waals surface area contributed by atoms with Gasteiger partial charge in [0.2, 0.25) is 17.7 Å². The van der Waals surface area contributed by atoms with Crippen molar-refractivity contribution in [3.63, 3.8) is 0 Å². The minimum atomic E-state index is -0.908. The number of methoxy groups -OCH3 is 1. The van der Waals surface area contributed by atoms with Crippen LogP contribution in [0, 0.1) is 29.0 Å². The van der Waals surface area contributed by atoms with Crippen molar-refractivity contribution >= 4 is 64.1 Å². The van der Waals surface area contributed by atoms with Crippen molar-refractivity contribution in [1.29, 1.82) is 0 Å². The zero-order chi connectivity index (χ0) is 45.9. The van der Waals surface area contributed by atoms with Crippen LogP contribution in [0.4, 0.5) is 15.8 Å². The van der Waals surface area contributed by atoms with Crippen LogP contribution in [0.1, 0.15) is 95.3 Å². The number of fused-ring (bicyclic) bond motifs is 3. The van der Waals surface area contributed by atoms with E-state index in [1.807, 2.05) is 24.3 Å². The van der Waals surface area contributed by atoms with E-state index in [0.29, 0.717) is 65.4 Å². The number of rotatable bonds is 7. The molecule has 0 aromatic heterocycles. The van der Waals surface area contributed by atoms with Gasteiger partial charge < -0.3 is 30.5 Å². The number of halogens is 3. The van der Waals surface area contributed by atoms with Crippen molar-refractivity contribution < 1.29 is 33.1 Å². The molecule has 0 aliphatic carbocycles. The van der Waals surface area contributed by atoms with E-state index < -0.39 is 41.0 Å². The van der Waals surface area contributed by atoms with Crippen LogP contribution in [0.15, 0.2) is 72.8 Å². The Morgan fingerprint density at radius 1 is 1.02 bits per heavy atom. The normalized spacial score (nSPS) is 24.6. The molecule has 6 atom stereocenters. The van der Waals surface area contributed by atoms with Gasteiger partial charge in [0.05, 0.1) is 23.9 Å². The van der Waals surface area contributed by atoms with E-state index in [4.69, 9.17) is 27.9 Å². The van der Waals surface area contributed by atoms with Crippen LogP contribution in [0.5, 0.6) is 5.75 Å². The molecule has 5 heterocycles. The Bertz CT molecular complexity index is 2730. The number of hydrogen-bond acceptors (Lipinski definition) is 8. The number of amides is 5. The lowest BCUT2D eigenvalue weighted by Gasteiger charge is -2.39. The fourth-order valence-corrected chi connectivity index (χ4v) is 10.9. The molecule has 5 aliphatic heterocycles. The summed E-state index contributed by atoms with van der Waals surface area (Å²) in [5.41, 5.74) is 3.81. The van der Waals surface area contributed by atoms with Crippen LogP contribution in [0.2, 0.25) is 10.0 Å². The molecule has 1 spiro atoms. The van der Waals surface area contributed by atoms with E-state index in [1.54, 1.807) is 47.4 Å². The molecule has 1 unspecified atom stereocenters. The Balaban J connectivity index is 0.929. The SMILES string of the molecule is COc1cc(C(=O)N2CC[C@@H](C#Cc3cccc4c3CN(C3CCC(=O)NC3=O)C4=O)C2)ccc1NC(=O)[C@@H]1N[C@@H](CC(C)(C)C)[C@@]2(CNc3cc(Cl)ccc32)[C@H]1c1cccc(Cl)c1F. The van der Waals surface area contributed by atoms with Crippen LogP contribution in [-0.4, -0.2) is 84.2 Å². The monoisotopic (exact) mass is 918 g/mol. The number of ether oxygens (including phenoxy) is 1. The van der Waals surface area contributed by atoms with Crippen molar-refractivity contribution in [1.82, 2.24) is 20.4 Å². The first-order valence-corrected chi connectivity index (χ1v) is 22.6. The molecule has 336 valence electrons. The first kappa shape index (κ1) is 44.3. The van der Waals surface area contributed by atoms with Gasteiger partial charge in [-0.15, -0.1) is 0 Å². The van der Waals surface area contributed by atoms with E-state index in [0.717, 1.165) is 16.8 Å². The van der Waals surface area contributed by atoms with Gasteiger partial charge in [0.1, 0.15) is 17.6 Å². The Hall–Kier alpha value is -5.94. The second-order valence-electron chi connectivity index (χ2n) is 18.8. The quantitative estimate of drug-likeness (QED) is 0.112. The summed E-state index contributed by atoms with van der Waals surface area (Å²) in [6.07, 6.45) is 1.76. The summed E-state index contributed by atoms with van der Waals surface area (Å²) < 4.78 is 22.1. The summed E-state index contributed by atoms with van der Waals surface area (Å²) in [6.45, 7) is 7.93. The topological polar surface area (TPSA) is 149 Å². The highest BCUT2D eigenvalue weighted by Crippen LogP contribution is 2.57. The second kappa shape index (κ2) is 17.1. The van der Waals surface area contributed by atoms with Crippen LogP contribution in [0.25, 0.3) is 0 Å². The summed E-state index contributed by atoms with van der Waals surface area (Å²) in [7, 11) is 1.47. The molecule has 0 bridgehead atoms. The molecule has 0 radical (unpaired) electrons. The number of nitrogens with zero attached hydrogens (tertiary/aromatic N) is 2. The lowest BCUT2D eigenvalue weighted by Crippen LogP contribution is -2.52. The molecule has 12 nitrogen and oxygen atoms in total. The van der Waals surface area contributed by atoms with E-state index >= 15 is 4.39 Å². The average Bonchev–Trinajstić information content (AvgIpc) is 4.05. The van der Waals surface area contributed by atoms with Gasteiger partial charge in [0.25, 0.3) is 11.8 Å². The summed E-state index contributed by atoms with van der Waals surface area (Å²) >= 11 is 12.9. The average molecular weight is 920 g/mol. The largest absolute Gasteiger partial charge is 0.495 e. The number of likely N-dealkylation sites (tertiary alicyclic amines) is 1. The number of nitrogens with one attached hydrogen (secondary N) is 4. The third-order valence-electron chi connectivity index (χ3n) is 13.5. The maximum absolute atomic E-state index is 16.3. The van der Waals surface area contributed by atoms with Gasteiger partial charge in [-0.05, 0) is 89.9 Å². The number of carbonyl (C=O) groups is 5. The van der Waals surface area contributed by atoms with Gasteiger partial charge in [-0.25, -0.2) is 4.39 Å². The van der Waals surface area contributed by atoms with Crippen LogP contribution in [0.3, 0.4) is 0 Å². The third kappa shape index (κ3) is 8.10. The van der Waals surface area contributed by atoms with E-state index in [-0.39, 0.29) is 65.3 Å². The van der Waals surface area contributed by atoms with Crippen LogP contribution < -0.4 is 26.0 Å². The lowest BCUT2D eigenvalue weighted by atomic mass is 9.63. The highest BCUT2D eigenvalue weighted by molar-refractivity contribution is 6.31. The Labute approximate surface area is 386 Å². The second-order valence-corrected chi connectivity index (χ2v) is 19.7. The van der Waals surface area contributed by atoms with Crippen molar-refractivity contribution in [2.45, 2.75) is 82.5 Å². The van der Waals surface area contributed by atoms with E-state index in [2.05, 4.69) is 53.9 Å². The van der Waals surface area contributed by atoms with Crippen LogP contribution >= 0.6 is 23.2 Å². The number of carbonyl (C=O) groups excluding carboxylic acids is 5. The smallest absolute Gasteiger partial charge is 0.255 e. The third-order valence-corrected chi connectivity index (χ3v) is 14.1. The molecule has 4 aromatic rings. The zero-order valence-corrected chi connectivity index (χ0v) is 38.0. The van der Waals surface area contributed by atoms with Gasteiger partial charge in [-0.2, -0.15) is 0 Å². The minimum Gasteiger partial charge on any atom is -0.495 e. The van der Waals surface area contributed by atoms with Crippen molar-refractivity contribution in [3.05, 3.63) is 122 Å². The van der Waals surface area contributed by atoms with Gasteiger partial charge in [0.15, 0.2) is 0 Å². The summed E-state index contributed by atoms with van der Waals surface area (Å²) in [5.74, 6) is 3.76. The summed E-state index contributed by atoms with van der Waals surface area (Å²) in [6, 6.07) is 18.9. The molecule has 15 heteroatoms. The predicted octanol–water partition coefficient (Wildman–Crippen LogP) is 7.28. The van der Waals surface area contributed by atoms with Gasteiger partial charge in [0, 0.05) is 83.3 Å². The molecule has 5 aliphatic rings. The number of anilines is 2. The molecule has 65 heavy (non-hydrogen) atoms. The number of piperidine rings is 1. The zero-order valence-electron chi connectivity index (χ0n) is 36.4. The van der Waals surface area contributed by atoms with Gasteiger partial charge in [-0.1, -0.05) is 80.1 Å². The number of benzene rings is 4. The van der Waals surface area contributed by atoms with Crippen molar-refractivity contribution in [2.24, 2.45) is 11.3 Å². The molecule has 4 N–H and O–H groups in total. The maximum Gasteiger partial charge on any atom is 0.255 e. The molecular formula is C50H49Cl2FN6O6. The molecule has 4 aromatic carbocycles. The Morgan fingerprint density at radius 2 is 1.82 bits per heavy atom.